The van der Waals surface area contributed by atoms with Gasteiger partial charge >= 0.3 is 12.1 Å². The lowest BCUT2D eigenvalue weighted by Gasteiger charge is -2.16. The molecule has 0 spiro atoms. The molecule has 0 fully saturated rings. The van der Waals surface area contributed by atoms with E-state index in [9.17, 15) is 9.59 Å². The molecule has 14 heavy (non-hydrogen) atoms. The first-order valence-electron chi connectivity index (χ1n) is 4.60. The predicted molar refractivity (Wildman–Crippen MR) is 51.2 cm³/mol. The van der Waals surface area contributed by atoms with Crippen LogP contribution < -0.4 is 5.32 Å². The third-order valence-corrected chi connectivity index (χ3v) is 1.81. The Morgan fingerprint density at radius 1 is 1.29 bits per heavy atom. The molecule has 82 valence electrons. The van der Waals surface area contributed by atoms with E-state index in [1.165, 1.54) is 0 Å². The van der Waals surface area contributed by atoms with Crippen LogP contribution in [0.3, 0.4) is 0 Å². The summed E-state index contributed by atoms with van der Waals surface area (Å²) >= 11 is 0. The molecule has 0 bridgehead atoms. The average molecular weight is 203 g/mol. The standard InChI is InChI=1S/C9H17NO4/c1-6(2)3-7(4-8(11)12)5-10-9(13)14/h6-7,10H,3-5H2,1-2H3,(H,11,12)(H,13,14)/t7-/m1/s1. The zero-order valence-corrected chi connectivity index (χ0v) is 8.49. The fourth-order valence-corrected chi connectivity index (χ4v) is 1.38. The average Bonchev–Trinajstić information content (AvgIpc) is 1.97. The van der Waals surface area contributed by atoms with Crippen molar-refractivity contribution in [3.63, 3.8) is 0 Å². The summed E-state index contributed by atoms with van der Waals surface area (Å²) < 4.78 is 0. The van der Waals surface area contributed by atoms with Crippen LogP contribution in [0.1, 0.15) is 26.7 Å². The number of carboxylic acids is 1. The predicted octanol–water partition coefficient (Wildman–Crippen LogP) is 1.39. The fourth-order valence-electron chi connectivity index (χ4n) is 1.38. The minimum absolute atomic E-state index is 0.0124. The van der Waals surface area contributed by atoms with E-state index in [1.807, 2.05) is 13.8 Å². The molecule has 0 heterocycles. The highest BCUT2D eigenvalue weighted by Gasteiger charge is 2.15. The zero-order chi connectivity index (χ0) is 11.1. The van der Waals surface area contributed by atoms with Gasteiger partial charge in [0.05, 0.1) is 0 Å². The molecule has 0 saturated carbocycles. The van der Waals surface area contributed by atoms with E-state index in [2.05, 4.69) is 5.32 Å². The van der Waals surface area contributed by atoms with Gasteiger partial charge in [-0.15, -0.1) is 0 Å². The Morgan fingerprint density at radius 3 is 2.21 bits per heavy atom. The third-order valence-electron chi connectivity index (χ3n) is 1.81. The van der Waals surface area contributed by atoms with E-state index < -0.39 is 12.1 Å². The summed E-state index contributed by atoms with van der Waals surface area (Å²) in [5.74, 6) is -0.638. The molecule has 0 rings (SSSR count). The van der Waals surface area contributed by atoms with Crippen LogP contribution in [0.15, 0.2) is 0 Å². The van der Waals surface area contributed by atoms with Crippen molar-refractivity contribution in [2.45, 2.75) is 26.7 Å². The normalized spacial score (nSPS) is 12.5. The van der Waals surface area contributed by atoms with E-state index in [0.717, 1.165) is 0 Å². The van der Waals surface area contributed by atoms with Gasteiger partial charge in [-0.25, -0.2) is 4.79 Å². The maximum absolute atomic E-state index is 10.5. The zero-order valence-electron chi connectivity index (χ0n) is 8.49. The number of carbonyl (C=O) groups is 2. The molecule has 5 nitrogen and oxygen atoms in total. The van der Waals surface area contributed by atoms with Crippen LogP contribution in [0.2, 0.25) is 0 Å². The van der Waals surface area contributed by atoms with Crippen LogP contribution >= 0.6 is 0 Å². The van der Waals surface area contributed by atoms with Crippen molar-refractivity contribution < 1.29 is 19.8 Å². The largest absolute Gasteiger partial charge is 0.481 e. The lowest BCUT2D eigenvalue weighted by Crippen LogP contribution is -2.29. The van der Waals surface area contributed by atoms with E-state index >= 15 is 0 Å². The third kappa shape index (κ3) is 7.39. The molecule has 0 aromatic heterocycles. The minimum atomic E-state index is -1.11. The van der Waals surface area contributed by atoms with Crippen molar-refractivity contribution in [2.75, 3.05) is 6.54 Å². The molecule has 0 aromatic rings. The van der Waals surface area contributed by atoms with Crippen molar-refractivity contribution in [3.05, 3.63) is 0 Å². The summed E-state index contributed by atoms with van der Waals surface area (Å²) in [7, 11) is 0. The van der Waals surface area contributed by atoms with Crippen LogP contribution in [0.4, 0.5) is 4.79 Å². The second-order valence-corrected chi connectivity index (χ2v) is 3.78. The van der Waals surface area contributed by atoms with Crippen molar-refractivity contribution in [2.24, 2.45) is 11.8 Å². The Kier molecular flexibility index (Phi) is 5.67. The first kappa shape index (κ1) is 12.7. The topological polar surface area (TPSA) is 86.6 Å². The van der Waals surface area contributed by atoms with Crippen LogP contribution in [0.25, 0.3) is 0 Å². The summed E-state index contributed by atoms with van der Waals surface area (Å²) in [5, 5.41) is 19.2. The van der Waals surface area contributed by atoms with Gasteiger partial charge in [0, 0.05) is 13.0 Å². The SMILES string of the molecule is CC(C)C[C@@H](CNC(=O)O)CC(=O)O. The number of carboxylic acid groups (broad SMARTS) is 2. The molecule has 0 aromatic carbocycles. The van der Waals surface area contributed by atoms with E-state index in [0.29, 0.717) is 12.3 Å². The van der Waals surface area contributed by atoms with Crippen molar-refractivity contribution in [3.8, 4) is 0 Å². The summed E-state index contributed by atoms with van der Waals surface area (Å²) in [4.78, 5) is 20.7. The molecule has 0 aliphatic heterocycles. The van der Waals surface area contributed by atoms with Crippen LogP contribution in [0, 0.1) is 11.8 Å². The van der Waals surface area contributed by atoms with Gasteiger partial charge in [-0.1, -0.05) is 13.8 Å². The Balaban J connectivity index is 3.96. The number of rotatable bonds is 6. The molecule has 0 radical (unpaired) electrons. The summed E-state index contributed by atoms with van der Waals surface area (Å²) in [6.45, 7) is 4.17. The van der Waals surface area contributed by atoms with Gasteiger partial charge in [0.2, 0.25) is 0 Å². The lowest BCUT2D eigenvalue weighted by atomic mass is 9.94. The first-order valence-corrected chi connectivity index (χ1v) is 4.60. The number of nitrogens with one attached hydrogen (secondary N) is 1. The Bertz CT molecular complexity index is 203. The molecule has 0 saturated heterocycles. The minimum Gasteiger partial charge on any atom is -0.481 e. The highest BCUT2D eigenvalue weighted by molar-refractivity contribution is 5.67. The molecule has 0 aliphatic rings. The van der Waals surface area contributed by atoms with Gasteiger partial charge in [-0.05, 0) is 18.3 Å². The number of amides is 1. The van der Waals surface area contributed by atoms with Gasteiger partial charge in [0.25, 0.3) is 0 Å². The monoisotopic (exact) mass is 203 g/mol. The Labute approximate surface area is 83.1 Å². The van der Waals surface area contributed by atoms with Gasteiger partial charge < -0.3 is 15.5 Å². The quantitative estimate of drug-likeness (QED) is 0.608. The van der Waals surface area contributed by atoms with Gasteiger partial charge in [-0.2, -0.15) is 0 Å². The number of aliphatic carboxylic acids is 1. The first-order chi connectivity index (χ1) is 6.41. The van der Waals surface area contributed by atoms with Crippen molar-refractivity contribution >= 4 is 12.1 Å². The number of hydrogen-bond acceptors (Lipinski definition) is 2. The molecule has 1 atom stereocenters. The summed E-state index contributed by atoms with van der Waals surface area (Å²) in [6, 6.07) is 0. The molecule has 5 heteroatoms. The van der Waals surface area contributed by atoms with Crippen LogP contribution in [-0.2, 0) is 4.79 Å². The van der Waals surface area contributed by atoms with Crippen LogP contribution in [-0.4, -0.2) is 28.8 Å². The highest BCUT2D eigenvalue weighted by atomic mass is 16.4. The second-order valence-electron chi connectivity index (χ2n) is 3.78. The van der Waals surface area contributed by atoms with Crippen molar-refractivity contribution in [1.82, 2.24) is 5.32 Å². The summed E-state index contributed by atoms with van der Waals surface area (Å²) in [5.41, 5.74) is 0. The van der Waals surface area contributed by atoms with E-state index in [-0.39, 0.29) is 18.9 Å². The Morgan fingerprint density at radius 2 is 1.86 bits per heavy atom. The van der Waals surface area contributed by atoms with E-state index in [1.54, 1.807) is 0 Å². The molecule has 0 unspecified atom stereocenters. The number of hydrogen-bond donors (Lipinski definition) is 3. The van der Waals surface area contributed by atoms with Gasteiger partial charge in [0.15, 0.2) is 0 Å². The second kappa shape index (κ2) is 6.23. The fraction of sp³-hybridized carbons (Fsp3) is 0.778. The van der Waals surface area contributed by atoms with Crippen LogP contribution in [0.5, 0.6) is 0 Å². The maximum atomic E-state index is 10.5. The highest BCUT2D eigenvalue weighted by Crippen LogP contribution is 2.14. The molecule has 1 amide bonds. The van der Waals surface area contributed by atoms with E-state index in [4.69, 9.17) is 10.2 Å². The lowest BCUT2D eigenvalue weighted by molar-refractivity contribution is -0.138. The molecular weight excluding hydrogens is 186 g/mol. The molecular formula is C9H17NO4. The van der Waals surface area contributed by atoms with Crippen molar-refractivity contribution in [1.29, 1.82) is 0 Å². The summed E-state index contributed by atoms with van der Waals surface area (Å²) in [6.07, 6.45) is -0.380. The molecule has 0 aliphatic carbocycles. The molecule has 3 N–H and O–H groups in total. The van der Waals surface area contributed by atoms with Gasteiger partial charge in [-0.3, -0.25) is 4.79 Å². The Hall–Kier alpha value is -1.26. The van der Waals surface area contributed by atoms with Gasteiger partial charge in [0.1, 0.15) is 0 Å². The maximum Gasteiger partial charge on any atom is 0.404 e. The smallest absolute Gasteiger partial charge is 0.404 e.